The molecule has 2 fully saturated rings. The van der Waals surface area contributed by atoms with E-state index < -0.39 is 46.0 Å². The molecule has 158 valence electrons. The minimum Gasteiger partial charge on any atom is -0.548 e. The summed E-state index contributed by atoms with van der Waals surface area (Å²) in [6.07, 6.45) is 0. The number of phenolic OH excluding ortho intramolecular Hbond substituents is 1. The summed E-state index contributed by atoms with van der Waals surface area (Å²) in [5.41, 5.74) is 4.40. The molecule has 2 heterocycles. The minimum absolute atomic E-state index is 0. The van der Waals surface area contributed by atoms with E-state index in [1.165, 1.54) is 28.8 Å². The van der Waals surface area contributed by atoms with E-state index in [0.717, 1.165) is 0 Å². The fourth-order valence-electron chi connectivity index (χ4n) is 3.24. The van der Waals surface area contributed by atoms with Crippen molar-refractivity contribution in [3.8, 4) is 5.75 Å². The molecule has 0 radical (unpaired) electrons. The Kier molecular flexibility index (Phi) is 8.01. The van der Waals surface area contributed by atoms with Gasteiger partial charge in [0.25, 0.3) is 5.91 Å². The monoisotopic (exact) mass is 419 g/mol. The van der Waals surface area contributed by atoms with Crippen LogP contribution in [0.5, 0.6) is 5.75 Å². The van der Waals surface area contributed by atoms with Crippen molar-refractivity contribution in [3.63, 3.8) is 0 Å². The van der Waals surface area contributed by atoms with E-state index in [-0.39, 0.29) is 22.2 Å². The van der Waals surface area contributed by atoms with Gasteiger partial charge in [-0.05, 0) is 38.1 Å². The topological polar surface area (TPSA) is 232 Å². The van der Waals surface area contributed by atoms with Gasteiger partial charge in [0.1, 0.15) is 17.2 Å². The molecule has 28 heavy (non-hydrogen) atoms. The molecule has 2 saturated heterocycles. The molecule has 0 spiro atoms. The average molecular weight is 419 g/mol. The van der Waals surface area contributed by atoms with E-state index >= 15 is 0 Å². The maximum Gasteiger partial charge on any atom is 0.283 e. The fourth-order valence-corrected chi connectivity index (χ4v) is 4.86. The zero-order chi connectivity index (χ0) is 18.5. The summed E-state index contributed by atoms with van der Waals surface area (Å²) in [6, 6.07) is 3.53. The summed E-state index contributed by atoms with van der Waals surface area (Å²) in [5, 5.41) is 22.9. The molecule has 2 aliphatic rings. The Morgan fingerprint density at radius 3 is 2.29 bits per heavy atom. The van der Waals surface area contributed by atoms with Crippen molar-refractivity contribution in [3.05, 3.63) is 29.8 Å². The van der Waals surface area contributed by atoms with Gasteiger partial charge in [-0.3, -0.25) is 9.59 Å². The van der Waals surface area contributed by atoms with Crippen molar-refractivity contribution >= 4 is 29.5 Å². The number of aromatic hydroxyl groups is 1. The molecule has 12 heteroatoms. The van der Waals surface area contributed by atoms with Gasteiger partial charge >= 0.3 is 0 Å². The number of carbonyl (C=O) groups is 3. The first kappa shape index (κ1) is 25.6. The van der Waals surface area contributed by atoms with Crippen LogP contribution in [0, 0.1) is 0 Å². The molecular formula is C16H25N3O8S. The molecule has 0 aliphatic carbocycles. The molecule has 11 N–H and O–H groups in total. The Labute approximate surface area is 164 Å². The summed E-state index contributed by atoms with van der Waals surface area (Å²) in [7, 11) is 0. The number of quaternary nitrogens is 1. The van der Waals surface area contributed by atoms with Crippen LogP contribution in [-0.2, 0) is 14.4 Å². The second-order valence-electron chi connectivity index (χ2n) is 6.71. The van der Waals surface area contributed by atoms with E-state index in [9.17, 15) is 24.6 Å². The predicted molar refractivity (Wildman–Crippen MR) is 97.6 cm³/mol. The lowest BCUT2D eigenvalue weighted by molar-refractivity contribution is -0.409. The summed E-state index contributed by atoms with van der Waals surface area (Å²) in [4.78, 5) is 37.4. The van der Waals surface area contributed by atoms with Gasteiger partial charge in [-0.25, -0.2) is 0 Å². The van der Waals surface area contributed by atoms with Gasteiger partial charge < -0.3 is 47.4 Å². The first-order valence-corrected chi connectivity index (χ1v) is 8.64. The highest BCUT2D eigenvalue weighted by atomic mass is 32.2. The second-order valence-corrected chi connectivity index (χ2v) is 8.48. The lowest BCUT2D eigenvalue weighted by Gasteiger charge is -2.45. The number of benzene rings is 1. The molecule has 1 aromatic rings. The van der Waals surface area contributed by atoms with Gasteiger partial charge in [-0.1, -0.05) is 0 Å². The van der Waals surface area contributed by atoms with Gasteiger partial charge in [-0.2, -0.15) is 0 Å². The van der Waals surface area contributed by atoms with Crippen molar-refractivity contribution in [2.45, 2.75) is 42.1 Å². The number of aliphatic carboxylic acids is 1. The highest BCUT2D eigenvalue weighted by Crippen LogP contribution is 2.50. The fraction of sp³-hybridized carbons (Fsp3) is 0.438. The Morgan fingerprint density at radius 1 is 1.25 bits per heavy atom. The lowest BCUT2D eigenvalue weighted by Crippen LogP contribution is -2.73. The normalized spacial score (nSPS) is 25.0. The van der Waals surface area contributed by atoms with Crippen LogP contribution in [0.15, 0.2) is 24.3 Å². The van der Waals surface area contributed by atoms with Gasteiger partial charge in [0.15, 0.2) is 6.04 Å². The number of rotatable bonds is 4. The van der Waals surface area contributed by atoms with Crippen molar-refractivity contribution in [1.82, 2.24) is 10.2 Å². The second kappa shape index (κ2) is 8.75. The van der Waals surface area contributed by atoms with Crippen LogP contribution >= 0.6 is 11.8 Å². The molecule has 0 aromatic heterocycles. The number of thioether (sulfide) groups is 1. The van der Waals surface area contributed by atoms with E-state index in [2.05, 4.69) is 11.1 Å². The molecular weight excluding hydrogens is 394 g/mol. The summed E-state index contributed by atoms with van der Waals surface area (Å²) >= 11 is 1.33. The van der Waals surface area contributed by atoms with Gasteiger partial charge in [0.2, 0.25) is 5.91 Å². The molecule has 0 bridgehead atoms. The maximum atomic E-state index is 12.4. The molecule has 3 rings (SSSR count). The number of carbonyl (C=O) groups excluding carboxylic acids is 3. The molecule has 2 aliphatic heterocycles. The van der Waals surface area contributed by atoms with Crippen molar-refractivity contribution in [2.75, 3.05) is 0 Å². The number of hydrogen-bond acceptors (Lipinski definition) is 6. The largest absolute Gasteiger partial charge is 0.548 e. The van der Waals surface area contributed by atoms with E-state index in [0.29, 0.717) is 5.56 Å². The number of carboxylic acids is 1. The third-order valence-corrected chi connectivity index (χ3v) is 6.15. The Bertz CT molecular complexity index is 742. The Hall–Kier alpha value is -2.38. The predicted octanol–water partition coefficient (Wildman–Crippen LogP) is -4.50. The van der Waals surface area contributed by atoms with E-state index in [1.54, 1.807) is 26.0 Å². The molecule has 4 atom stereocenters. The van der Waals surface area contributed by atoms with Crippen LogP contribution < -0.4 is 16.2 Å². The number of fused-ring (bicyclic) bond motifs is 1. The number of β-lactam (4-membered cyclic amide) rings is 1. The summed E-state index contributed by atoms with van der Waals surface area (Å²) in [5.74, 6) is -2.07. The highest BCUT2D eigenvalue weighted by Gasteiger charge is 2.62. The number of nitrogens with zero attached hydrogens (tertiary/aromatic N) is 1. The smallest absolute Gasteiger partial charge is 0.283 e. The van der Waals surface area contributed by atoms with Crippen LogP contribution in [0.3, 0.4) is 0 Å². The first-order chi connectivity index (χ1) is 11.6. The standard InChI is InChI=1S/C16H19N3O5S.3H2O/c1-16(2)11(15(23)24)19-13(22)10(14(19)25-16)18-12(21)9(17)7-3-5-8(20)6-4-7;;;/h3-6,9-11,14,20H,17H2,1-2H3,(H,18,21)(H,23,24);3*1H2/t9?,10-,11?,14?;;;/m1.../s1. The maximum absolute atomic E-state index is 12.4. The Balaban J connectivity index is 0.00000243. The van der Waals surface area contributed by atoms with Gasteiger partial charge in [0.05, 0.1) is 12.0 Å². The Morgan fingerprint density at radius 2 is 1.79 bits per heavy atom. The number of carboxylic acid groups (broad SMARTS) is 1. The molecule has 3 unspecified atom stereocenters. The molecule has 1 aromatic carbocycles. The van der Waals surface area contributed by atoms with Crippen molar-refractivity contribution in [1.29, 1.82) is 0 Å². The third kappa shape index (κ3) is 4.05. The molecule has 11 nitrogen and oxygen atoms in total. The molecule has 2 amide bonds. The van der Waals surface area contributed by atoms with Crippen LogP contribution in [0.1, 0.15) is 25.5 Å². The number of nitrogens with one attached hydrogen (secondary N) is 1. The third-order valence-electron chi connectivity index (χ3n) is 4.57. The van der Waals surface area contributed by atoms with Crippen LogP contribution in [-0.4, -0.2) is 66.4 Å². The zero-order valence-corrected chi connectivity index (χ0v) is 16.1. The van der Waals surface area contributed by atoms with E-state index in [4.69, 9.17) is 0 Å². The number of amides is 2. The number of hydrogen-bond donors (Lipinski definition) is 3. The van der Waals surface area contributed by atoms with Gasteiger partial charge in [0, 0.05) is 10.3 Å². The minimum atomic E-state index is -1.29. The van der Waals surface area contributed by atoms with Crippen LogP contribution in [0.25, 0.3) is 0 Å². The SMILES string of the molecule is CC1(C)SC2[C@H](NC(=O)C([NH3+])c3ccc(O)cc3)C(=O)N2C1C(=O)[O-].O.O.O. The molecule has 0 saturated carbocycles. The zero-order valence-electron chi connectivity index (χ0n) is 15.3. The van der Waals surface area contributed by atoms with Crippen LogP contribution in [0.4, 0.5) is 0 Å². The first-order valence-electron chi connectivity index (χ1n) is 7.76. The van der Waals surface area contributed by atoms with Crippen molar-refractivity contribution in [2.24, 2.45) is 0 Å². The summed E-state index contributed by atoms with van der Waals surface area (Å²) < 4.78 is -0.695. The van der Waals surface area contributed by atoms with Gasteiger partial charge in [-0.15, -0.1) is 11.8 Å². The number of phenols is 1. The average Bonchev–Trinajstić information content (AvgIpc) is 2.80. The highest BCUT2D eigenvalue weighted by molar-refractivity contribution is 8.01. The van der Waals surface area contributed by atoms with Crippen molar-refractivity contribution < 1.29 is 46.8 Å². The summed E-state index contributed by atoms with van der Waals surface area (Å²) in [6.45, 7) is 3.48. The lowest BCUT2D eigenvalue weighted by atomic mass is 9.95. The van der Waals surface area contributed by atoms with Crippen LogP contribution in [0.2, 0.25) is 0 Å². The van der Waals surface area contributed by atoms with E-state index in [1.807, 2.05) is 0 Å². The quantitative estimate of drug-likeness (QED) is 0.406.